The lowest BCUT2D eigenvalue weighted by Crippen LogP contribution is -2.36. The summed E-state index contributed by atoms with van der Waals surface area (Å²) in [5.41, 5.74) is 2.07. The topological polar surface area (TPSA) is 54.2 Å². The summed E-state index contributed by atoms with van der Waals surface area (Å²) in [7, 11) is 0. The van der Waals surface area contributed by atoms with Crippen molar-refractivity contribution in [3.63, 3.8) is 0 Å². The van der Waals surface area contributed by atoms with Crippen molar-refractivity contribution in [3.8, 4) is 0 Å². The van der Waals surface area contributed by atoms with Crippen LogP contribution >= 0.6 is 0 Å². The van der Waals surface area contributed by atoms with Crippen LogP contribution in [-0.2, 0) is 13.1 Å². The first-order valence-corrected chi connectivity index (χ1v) is 9.65. The van der Waals surface area contributed by atoms with Gasteiger partial charge in [0.1, 0.15) is 5.82 Å². The van der Waals surface area contributed by atoms with E-state index in [4.69, 9.17) is 0 Å². The number of piperidine rings is 1. The van der Waals surface area contributed by atoms with Gasteiger partial charge in [0, 0.05) is 25.1 Å². The first kappa shape index (κ1) is 17.9. The maximum Gasteiger partial charge on any atom is 0.123 e. The molecule has 1 aliphatic heterocycles. The van der Waals surface area contributed by atoms with Crippen molar-refractivity contribution in [1.29, 1.82) is 0 Å². The molecule has 1 atom stereocenters. The van der Waals surface area contributed by atoms with Gasteiger partial charge in [0.05, 0.1) is 18.3 Å². The molecule has 1 N–H and O–H groups in total. The van der Waals surface area contributed by atoms with Gasteiger partial charge in [0.2, 0.25) is 0 Å². The maximum absolute atomic E-state index is 10.6. The summed E-state index contributed by atoms with van der Waals surface area (Å²) >= 11 is 0. The van der Waals surface area contributed by atoms with E-state index in [-0.39, 0.29) is 5.92 Å². The number of imidazole rings is 1. The molecule has 0 aliphatic carbocycles. The third-order valence-corrected chi connectivity index (χ3v) is 5.43. The minimum Gasteiger partial charge on any atom is -0.387 e. The molecular formula is C22H26N4O. The smallest absolute Gasteiger partial charge is 0.123 e. The van der Waals surface area contributed by atoms with Gasteiger partial charge in [0.15, 0.2) is 0 Å². The fourth-order valence-corrected chi connectivity index (χ4v) is 3.83. The summed E-state index contributed by atoms with van der Waals surface area (Å²) in [6.07, 6.45) is 7.19. The fraction of sp³-hybridized carbons (Fsp3) is 0.364. The number of hydrogen-bond donors (Lipinski definition) is 1. The lowest BCUT2D eigenvalue weighted by Gasteiger charge is -2.33. The first-order chi connectivity index (χ1) is 13.3. The average Bonchev–Trinajstić information content (AvgIpc) is 3.16. The fourth-order valence-electron chi connectivity index (χ4n) is 3.83. The summed E-state index contributed by atoms with van der Waals surface area (Å²) < 4.78 is 2.23. The summed E-state index contributed by atoms with van der Waals surface area (Å²) in [5.74, 6) is 1.38. The molecule has 1 fully saturated rings. The van der Waals surface area contributed by atoms with Crippen LogP contribution in [0.4, 0.5) is 0 Å². The number of aliphatic hydroxyl groups excluding tert-OH is 1. The summed E-state index contributed by atoms with van der Waals surface area (Å²) in [4.78, 5) is 11.3. The maximum atomic E-state index is 10.6. The second-order valence-electron chi connectivity index (χ2n) is 7.27. The molecule has 27 heavy (non-hydrogen) atoms. The lowest BCUT2D eigenvalue weighted by atomic mass is 9.89. The van der Waals surface area contributed by atoms with Crippen LogP contribution in [0.2, 0.25) is 0 Å². The minimum atomic E-state index is -0.464. The first-order valence-electron chi connectivity index (χ1n) is 9.65. The van der Waals surface area contributed by atoms with E-state index in [0.29, 0.717) is 0 Å². The van der Waals surface area contributed by atoms with Crippen molar-refractivity contribution in [3.05, 3.63) is 84.2 Å². The largest absolute Gasteiger partial charge is 0.387 e. The highest BCUT2D eigenvalue weighted by molar-refractivity contribution is 5.16. The highest BCUT2D eigenvalue weighted by atomic mass is 16.3. The van der Waals surface area contributed by atoms with Gasteiger partial charge in [-0.3, -0.25) is 9.88 Å². The molecule has 3 heterocycles. The zero-order chi connectivity index (χ0) is 18.5. The number of nitrogens with zero attached hydrogens (tertiary/aromatic N) is 4. The molecule has 140 valence electrons. The van der Waals surface area contributed by atoms with Gasteiger partial charge < -0.3 is 9.67 Å². The second-order valence-corrected chi connectivity index (χ2v) is 7.27. The Kier molecular flexibility index (Phi) is 5.61. The van der Waals surface area contributed by atoms with E-state index in [0.717, 1.165) is 50.5 Å². The van der Waals surface area contributed by atoms with Gasteiger partial charge >= 0.3 is 0 Å². The van der Waals surface area contributed by atoms with Crippen molar-refractivity contribution in [2.24, 2.45) is 5.92 Å². The molecule has 2 aromatic heterocycles. The number of likely N-dealkylation sites (tertiary alicyclic amines) is 1. The molecule has 3 aromatic rings. The number of rotatable bonds is 6. The van der Waals surface area contributed by atoms with Gasteiger partial charge in [-0.05, 0) is 49.5 Å². The van der Waals surface area contributed by atoms with Gasteiger partial charge in [-0.25, -0.2) is 4.98 Å². The molecule has 5 nitrogen and oxygen atoms in total. The monoisotopic (exact) mass is 362 g/mol. The molecule has 0 unspecified atom stereocenters. The Labute approximate surface area is 160 Å². The highest BCUT2D eigenvalue weighted by Gasteiger charge is 2.27. The Bertz CT molecular complexity index is 826. The van der Waals surface area contributed by atoms with E-state index in [9.17, 15) is 5.11 Å². The third-order valence-electron chi connectivity index (χ3n) is 5.43. The van der Waals surface area contributed by atoms with E-state index in [1.165, 1.54) is 5.56 Å². The van der Waals surface area contributed by atoms with Crippen molar-refractivity contribution in [2.45, 2.75) is 32.0 Å². The Morgan fingerprint density at radius 2 is 1.70 bits per heavy atom. The van der Waals surface area contributed by atoms with Crippen molar-refractivity contribution >= 4 is 0 Å². The van der Waals surface area contributed by atoms with Gasteiger partial charge in [0.25, 0.3) is 0 Å². The molecule has 1 aliphatic rings. The van der Waals surface area contributed by atoms with Crippen LogP contribution in [0, 0.1) is 5.92 Å². The van der Waals surface area contributed by atoms with Crippen LogP contribution in [0.25, 0.3) is 0 Å². The van der Waals surface area contributed by atoms with E-state index in [2.05, 4.69) is 49.9 Å². The second kappa shape index (κ2) is 8.46. The van der Waals surface area contributed by atoms with E-state index in [1.807, 2.05) is 30.5 Å². The summed E-state index contributed by atoms with van der Waals surface area (Å²) in [6, 6.07) is 16.2. The zero-order valence-electron chi connectivity index (χ0n) is 15.5. The van der Waals surface area contributed by atoms with Crippen LogP contribution in [0.3, 0.4) is 0 Å². The third kappa shape index (κ3) is 4.43. The van der Waals surface area contributed by atoms with Crippen LogP contribution in [0.15, 0.2) is 67.1 Å². The van der Waals surface area contributed by atoms with E-state index in [1.54, 1.807) is 6.20 Å². The number of hydrogen-bond acceptors (Lipinski definition) is 4. The standard InChI is InChI=1S/C22H26N4O/c27-22(20-8-4-5-11-23-20)19-9-13-25(14-10-19)17-21-24-12-15-26(21)16-18-6-2-1-3-7-18/h1-8,11-12,15,19,22,27H,9-10,13-14,16-17H2/t22-/m1/s1. The molecule has 4 rings (SSSR count). The number of aliphatic hydroxyl groups is 1. The van der Waals surface area contributed by atoms with E-state index >= 15 is 0 Å². The van der Waals surface area contributed by atoms with Crippen LogP contribution in [0.5, 0.6) is 0 Å². The van der Waals surface area contributed by atoms with E-state index < -0.39 is 6.10 Å². The molecule has 1 saturated heterocycles. The predicted molar refractivity (Wildman–Crippen MR) is 105 cm³/mol. The Morgan fingerprint density at radius 1 is 0.926 bits per heavy atom. The lowest BCUT2D eigenvalue weighted by molar-refractivity contribution is 0.0530. The Balaban J connectivity index is 1.33. The predicted octanol–water partition coefficient (Wildman–Crippen LogP) is 3.27. The molecule has 5 heteroatoms. The molecule has 0 bridgehead atoms. The Hall–Kier alpha value is -2.50. The molecular weight excluding hydrogens is 336 g/mol. The zero-order valence-corrected chi connectivity index (χ0v) is 15.5. The van der Waals surface area contributed by atoms with Crippen LogP contribution < -0.4 is 0 Å². The molecule has 0 saturated carbocycles. The summed E-state index contributed by atoms with van der Waals surface area (Å²) in [6.45, 7) is 3.66. The molecule has 0 radical (unpaired) electrons. The Morgan fingerprint density at radius 3 is 2.44 bits per heavy atom. The van der Waals surface area contributed by atoms with Gasteiger partial charge in [-0.1, -0.05) is 36.4 Å². The van der Waals surface area contributed by atoms with Crippen molar-refractivity contribution in [1.82, 2.24) is 19.4 Å². The number of benzene rings is 1. The normalized spacial score (nSPS) is 17.1. The molecule has 1 aromatic carbocycles. The molecule has 0 amide bonds. The minimum absolute atomic E-state index is 0.278. The SMILES string of the molecule is O[C@@H](c1ccccn1)C1CCN(Cc2nccn2Cc2ccccc2)CC1. The van der Waals surface area contributed by atoms with Gasteiger partial charge in [-0.2, -0.15) is 0 Å². The summed E-state index contributed by atoms with van der Waals surface area (Å²) in [5, 5.41) is 10.6. The van der Waals surface area contributed by atoms with Crippen LogP contribution in [0.1, 0.15) is 36.0 Å². The number of pyridine rings is 1. The van der Waals surface area contributed by atoms with Crippen molar-refractivity contribution < 1.29 is 5.11 Å². The van der Waals surface area contributed by atoms with Gasteiger partial charge in [-0.15, -0.1) is 0 Å². The average molecular weight is 362 g/mol. The van der Waals surface area contributed by atoms with Crippen molar-refractivity contribution in [2.75, 3.05) is 13.1 Å². The van der Waals surface area contributed by atoms with Crippen LogP contribution in [-0.4, -0.2) is 37.6 Å². The molecule has 0 spiro atoms. The quantitative estimate of drug-likeness (QED) is 0.731. The number of aromatic nitrogens is 3. The highest BCUT2D eigenvalue weighted by Crippen LogP contribution is 2.30.